The molecule has 2 saturated heterocycles. The molecule has 2 atom stereocenters. The number of anilines is 2. The van der Waals surface area contributed by atoms with Gasteiger partial charge in [0.05, 0.1) is 31.9 Å². The number of hydrogen-bond acceptors (Lipinski definition) is 9. The number of unbranched alkanes of at least 4 members (excludes halogenated alkanes) is 1. The fourth-order valence-corrected chi connectivity index (χ4v) is 5.91. The number of nitrogens with zero attached hydrogens (tertiary/aromatic N) is 3. The molecule has 0 radical (unpaired) electrons. The lowest BCUT2D eigenvalue weighted by molar-refractivity contribution is -0.145. The predicted octanol–water partition coefficient (Wildman–Crippen LogP) is 3.69. The molecule has 0 bridgehead atoms. The number of carbonyl (C=O) groups excluding carboxylic acids is 4. The summed E-state index contributed by atoms with van der Waals surface area (Å²) in [5.74, 6) is -1.75. The van der Waals surface area contributed by atoms with Gasteiger partial charge in [0.25, 0.3) is 0 Å². The van der Waals surface area contributed by atoms with Crippen LogP contribution in [0, 0.1) is 17.8 Å². The van der Waals surface area contributed by atoms with Gasteiger partial charge in [-0.15, -0.1) is 0 Å². The molecule has 0 spiro atoms. The Morgan fingerprint density at radius 2 is 1.77 bits per heavy atom. The Morgan fingerprint density at radius 3 is 2.40 bits per heavy atom. The van der Waals surface area contributed by atoms with E-state index in [4.69, 9.17) is 18.9 Å². The van der Waals surface area contributed by atoms with Crippen LogP contribution in [0.15, 0.2) is 18.2 Å². The molecular formula is C34H55N5O8. The van der Waals surface area contributed by atoms with E-state index in [2.05, 4.69) is 10.6 Å². The molecule has 2 unspecified atom stereocenters. The Hall–Kier alpha value is -3.58. The zero-order chi connectivity index (χ0) is 34.6. The zero-order valence-corrected chi connectivity index (χ0v) is 29.3. The third-order valence-electron chi connectivity index (χ3n) is 7.98. The summed E-state index contributed by atoms with van der Waals surface area (Å²) in [4.78, 5) is 59.1. The molecular weight excluding hydrogens is 606 g/mol. The van der Waals surface area contributed by atoms with Crippen molar-refractivity contribution in [1.82, 2.24) is 14.7 Å². The van der Waals surface area contributed by atoms with Gasteiger partial charge >= 0.3 is 17.9 Å². The van der Waals surface area contributed by atoms with Crippen molar-refractivity contribution in [2.75, 3.05) is 90.5 Å². The summed E-state index contributed by atoms with van der Waals surface area (Å²) in [6.45, 7) is 13.7. The molecule has 47 heavy (non-hydrogen) atoms. The second-order valence-corrected chi connectivity index (χ2v) is 13.7. The van der Waals surface area contributed by atoms with Crippen molar-refractivity contribution in [3.05, 3.63) is 18.2 Å². The van der Waals surface area contributed by atoms with E-state index in [9.17, 15) is 19.2 Å². The molecule has 13 heteroatoms. The molecule has 3 rings (SSSR count). The molecule has 2 aliphatic heterocycles. The SMILES string of the molecule is COCCCCNc1cccc(OC)c1NC(=O)C(=O)N(CC(C)C)CC1CC(C(=O)N2CCOCC2)CN(C(=O)OC(C)(C)C)C1. The normalized spacial score (nSPS) is 18.5. The highest BCUT2D eigenvalue weighted by atomic mass is 16.6. The maximum atomic E-state index is 13.8. The van der Waals surface area contributed by atoms with Crippen LogP contribution in [-0.4, -0.2) is 124 Å². The molecule has 4 amide bonds. The van der Waals surface area contributed by atoms with E-state index in [1.54, 1.807) is 43.7 Å². The Morgan fingerprint density at radius 1 is 1.04 bits per heavy atom. The number of carbonyl (C=O) groups is 4. The minimum Gasteiger partial charge on any atom is -0.494 e. The maximum absolute atomic E-state index is 13.8. The Kier molecular flexibility index (Phi) is 14.6. The van der Waals surface area contributed by atoms with E-state index >= 15 is 0 Å². The van der Waals surface area contributed by atoms with Crippen LogP contribution >= 0.6 is 0 Å². The topological polar surface area (TPSA) is 139 Å². The van der Waals surface area contributed by atoms with E-state index in [1.165, 1.54) is 12.0 Å². The summed E-state index contributed by atoms with van der Waals surface area (Å²) in [6.07, 6.45) is 1.71. The first-order chi connectivity index (χ1) is 22.3. The van der Waals surface area contributed by atoms with Crippen molar-refractivity contribution < 1.29 is 38.1 Å². The summed E-state index contributed by atoms with van der Waals surface area (Å²) in [6, 6.07) is 5.36. The van der Waals surface area contributed by atoms with Crippen molar-refractivity contribution in [2.45, 2.75) is 59.5 Å². The number of morpholine rings is 1. The predicted molar refractivity (Wildman–Crippen MR) is 179 cm³/mol. The lowest BCUT2D eigenvalue weighted by Gasteiger charge is -2.41. The van der Waals surface area contributed by atoms with Gasteiger partial charge in [-0.1, -0.05) is 19.9 Å². The quantitative estimate of drug-likeness (QED) is 0.239. The minimum absolute atomic E-state index is 0.0375. The molecule has 1 aromatic carbocycles. The van der Waals surface area contributed by atoms with Crippen molar-refractivity contribution in [3.8, 4) is 5.75 Å². The summed E-state index contributed by atoms with van der Waals surface area (Å²) >= 11 is 0. The molecule has 2 fully saturated rings. The number of methoxy groups -OCH3 is 2. The number of ether oxygens (including phenoxy) is 4. The monoisotopic (exact) mass is 661 g/mol. The number of hydrogen-bond donors (Lipinski definition) is 2. The number of para-hydroxylation sites is 1. The molecule has 0 aliphatic carbocycles. The summed E-state index contributed by atoms with van der Waals surface area (Å²) in [5.41, 5.74) is 0.319. The van der Waals surface area contributed by atoms with Crippen LogP contribution in [0.3, 0.4) is 0 Å². The lowest BCUT2D eigenvalue weighted by Crippen LogP contribution is -2.54. The first-order valence-corrected chi connectivity index (χ1v) is 16.7. The number of benzene rings is 1. The molecule has 0 aromatic heterocycles. The number of amides is 4. The smallest absolute Gasteiger partial charge is 0.410 e. The number of likely N-dealkylation sites (tertiary alicyclic amines) is 1. The van der Waals surface area contributed by atoms with E-state index < -0.39 is 29.4 Å². The van der Waals surface area contributed by atoms with Crippen LogP contribution in [0.4, 0.5) is 16.2 Å². The van der Waals surface area contributed by atoms with Gasteiger partial charge in [0.15, 0.2) is 0 Å². The minimum atomic E-state index is -0.793. The third-order valence-corrected chi connectivity index (χ3v) is 7.98. The van der Waals surface area contributed by atoms with Gasteiger partial charge in [-0.25, -0.2) is 4.79 Å². The molecule has 264 valence electrons. The number of rotatable bonds is 13. The van der Waals surface area contributed by atoms with Gasteiger partial charge in [0, 0.05) is 59.5 Å². The van der Waals surface area contributed by atoms with Crippen molar-refractivity contribution in [3.63, 3.8) is 0 Å². The maximum Gasteiger partial charge on any atom is 0.410 e. The van der Waals surface area contributed by atoms with Gasteiger partial charge in [0.1, 0.15) is 17.0 Å². The van der Waals surface area contributed by atoms with Crippen LogP contribution in [-0.2, 0) is 28.6 Å². The average Bonchev–Trinajstić information content (AvgIpc) is 3.03. The zero-order valence-electron chi connectivity index (χ0n) is 29.3. The van der Waals surface area contributed by atoms with Crippen LogP contribution in [0.25, 0.3) is 0 Å². The highest BCUT2D eigenvalue weighted by molar-refractivity contribution is 6.40. The highest BCUT2D eigenvalue weighted by Gasteiger charge is 2.39. The van der Waals surface area contributed by atoms with E-state index in [0.29, 0.717) is 76.1 Å². The highest BCUT2D eigenvalue weighted by Crippen LogP contribution is 2.33. The summed E-state index contributed by atoms with van der Waals surface area (Å²) in [5, 5.41) is 6.12. The van der Waals surface area contributed by atoms with Crippen LogP contribution in [0.1, 0.15) is 53.9 Å². The van der Waals surface area contributed by atoms with Crippen LogP contribution in [0.2, 0.25) is 0 Å². The van der Waals surface area contributed by atoms with Crippen molar-refractivity contribution in [1.29, 1.82) is 0 Å². The second kappa shape index (κ2) is 18.1. The first-order valence-electron chi connectivity index (χ1n) is 16.7. The van der Waals surface area contributed by atoms with Gasteiger partial charge in [-0.2, -0.15) is 0 Å². The Bertz CT molecular complexity index is 1200. The molecule has 1 aromatic rings. The van der Waals surface area contributed by atoms with Crippen molar-refractivity contribution >= 4 is 35.2 Å². The fraction of sp³-hybridized carbons (Fsp3) is 0.706. The second-order valence-electron chi connectivity index (χ2n) is 13.7. The summed E-state index contributed by atoms with van der Waals surface area (Å²) in [7, 11) is 3.17. The van der Waals surface area contributed by atoms with Gasteiger partial charge in [0.2, 0.25) is 5.91 Å². The summed E-state index contributed by atoms with van der Waals surface area (Å²) < 4.78 is 21.7. The number of nitrogens with one attached hydrogen (secondary N) is 2. The van der Waals surface area contributed by atoms with Crippen LogP contribution in [0.5, 0.6) is 5.75 Å². The third kappa shape index (κ3) is 11.9. The fourth-order valence-electron chi connectivity index (χ4n) is 5.91. The van der Waals surface area contributed by atoms with E-state index in [0.717, 1.165) is 12.8 Å². The first kappa shape index (κ1) is 37.9. The number of piperidine rings is 1. The largest absolute Gasteiger partial charge is 0.494 e. The standard InChI is InChI=1S/C34H55N5O8/c1-24(2)20-38(32(42)30(40)36-29-27(11-10-12-28(29)45-7)35-13-8-9-16-44-6)21-25-19-26(31(41)37-14-17-46-18-15-37)23-39(22-25)33(43)47-34(3,4)5/h10-12,24-26,35H,8-9,13-23H2,1-7H3,(H,36,40). The lowest BCUT2D eigenvalue weighted by atomic mass is 9.87. The van der Waals surface area contributed by atoms with E-state index in [1.807, 2.05) is 26.0 Å². The van der Waals surface area contributed by atoms with Crippen molar-refractivity contribution in [2.24, 2.45) is 17.8 Å². The van der Waals surface area contributed by atoms with Gasteiger partial charge in [-0.3, -0.25) is 14.4 Å². The molecule has 2 aliphatic rings. The Labute approximate surface area is 279 Å². The van der Waals surface area contributed by atoms with Crippen LogP contribution < -0.4 is 15.4 Å². The molecule has 0 saturated carbocycles. The molecule has 2 N–H and O–H groups in total. The molecule has 13 nitrogen and oxygen atoms in total. The Balaban J connectivity index is 1.80. The van der Waals surface area contributed by atoms with Gasteiger partial charge < -0.3 is 44.3 Å². The average molecular weight is 662 g/mol. The van der Waals surface area contributed by atoms with Gasteiger partial charge in [-0.05, 0) is 64.0 Å². The molecule has 2 heterocycles. The van der Waals surface area contributed by atoms with E-state index in [-0.39, 0.29) is 30.8 Å².